The Morgan fingerprint density at radius 2 is 1.74 bits per heavy atom. The summed E-state index contributed by atoms with van der Waals surface area (Å²) in [6, 6.07) is 17.0. The maximum absolute atomic E-state index is 12.1. The second-order valence-electron chi connectivity index (χ2n) is 5.50. The third-order valence-corrected chi connectivity index (χ3v) is 4.42. The fourth-order valence-corrected chi connectivity index (χ4v) is 2.94. The lowest BCUT2D eigenvalue weighted by Crippen LogP contribution is -2.20. The molecule has 0 bridgehead atoms. The highest BCUT2D eigenvalue weighted by Crippen LogP contribution is 2.18. The van der Waals surface area contributed by atoms with Crippen molar-refractivity contribution in [2.75, 3.05) is 17.2 Å². The molecule has 2 amide bonds. The van der Waals surface area contributed by atoms with Crippen molar-refractivity contribution in [2.24, 2.45) is 0 Å². The van der Waals surface area contributed by atoms with E-state index in [-0.39, 0.29) is 18.4 Å². The predicted octanol–water partition coefficient (Wildman–Crippen LogP) is 3.83. The minimum atomic E-state index is -0.377. The van der Waals surface area contributed by atoms with Gasteiger partial charge >= 0.3 is 0 Å². The minimum Gasteiger partial charge on any atom is -0.483 e. The quantitative estimate of drug-likeness (QED) is 0.610. The molecule has 6 nitrogen and oxygen atoms in total. The maximum Gasteiger partial charge on any atom is 0.265 e. The number of benzene rings is 2. The van der Waals surface area contributed by atoms with Crippen LogP contribution in [0.4, 0.5) is 11.4 Å². The zero-order chi connectivity index (χ0) is 19.1. The number of anilines is 2. The van der Waals surface area contributed by atoms with E-state index < -0.39 is 0 Å². The van der Waals surface area contributed by atoms with Crippen LogP contribution in [-0.4, -0.2) is 24.7 Å². The van der Waals surface area contributed by atoms with E-state index in [2.05, 4.69) is 10.6 Å². The van der Waals surface area contributed by atoms with Gasteiger partial charge in [0.2, 0.25) is 0 Å². The Morgan fingerprint density at radius 1 is 0.963 bits per heavy atom. The smallest absolute Gasteiger partial charge is 0.265 e. The van der Waals surface area contributed by atoms with Crippen molar-refractivity contribution < 1.29 is 19.1 Å². The molecular formula is C20H16N2O4S. The van der Waals surface area contributed by atoms with Crippen molar-refractivity contribution in [1.82, 2.24) is 0 Å². The molecule has 1 aromatic heterocycles. The molecule has 2 aromatic carbocycles. The summed E-state index contributed by atoms with van der Waals surface area (Å²) in [6.07, 6.45) is 0.674. The molecule has 0 unspecified atom stereocenters. The summed E-state index contributed by atoms with van der Waals surface area (Å²) in [5.74, 6) is -0.237. The van der Waals surface area contributed by atoms with Gasteiger partial charge in [-0.15, -0.1) is 11.3 Å². The van der Waals surface area contributed by atoms with Gasteiger partial charge in [-0.3, -0.25) is 14.4 Å². The molecule has 0 radical (unpaired) electrons. The first kappa shape index (κ1) is 18.3. The Hall–Kier alpha value is -3.45. The van der Waals surface area contributed by atoms with E-state index in [4.69, 9.17) is 4.74 Å². The molecule has 0 spiro atoms. The Labute approximate surface area is 159 Å². The van der Waals surface area contributed by atoms with Crippen molar-refractivity contribution in [2.45, 2.75) is 0 Å². The Morgan fingerprint density at radius 3 is 2.48 bits per heavy atom. The largest absolute Gasteiger partial charge is 0.483 e. The average Bonchev–Trinajstić information content (AvgIpc) is 3.22. The molecule has 0 atom stereocenters. The molecule has 2 N–H and O–H groups in total. The summed E-state index contributed by atoms with van der Waals surface area (Å²) in [6.45, 7) is -0.239. The molecule has 7 heteroatoms. The minimum absolute atomic E-state index is 0.206. The number of ether oxygens (including phenoxy) is 1. The van der Waals surface area contributed by atoms with Crippen molar-refractivity contribution in [3.05, 3.63) is 76.5 Å². The molecule has 0 aliphatic carbocycles. The lowest BCUT2D eigenvalue weighted by atomic mass is 10.2. The second kappa shape index (κ2) is 8.77. The van der Waals surface area contributed by atoms with Crippen molar-refractivity contribution in [1.29, 1.82) is 0 Å². The van der Waals surface area contributed by atoms with E-state index in [0.717, 1.165) is 0 Å². The molecule has 27 heavy (non-hydrogen) atoms. The average molecular weight is 380 g/mol. The molecule has 1 heterocycles. The molecule has 0 saturated heterocycles. The number of para-hydroxylation sites is 1. The van der Waals surface area contributed by atoms with Crippen molar-refractivity contribution in [3.63, 3.8) is 0 Å². The van der Waals surface area contributed by atoms with Crippen LogP contribution in [0.3, 0.4) is 0 Å². The first-order valence-corrected chi connectivity index (χ1v) is 8.95. The Bertz CT molecular complexity index is 954. The highest BCUT2D eigenvalue weighted by molar-refractivity contribution is 7.12. The number of aldehydes is 1. The van der Waals surface area contributed by atoms with Gasteiger partial charge < -0.3 is 15.4 Å². The highest BCUT2D eigenvalue weighted by Gasteiger charge is 2.09. The number of nitrogens with one attached hydrogen (secondary N) is 2. The van der Waals surface area contributed by atoms with E-state index in [0.29, 0.717) is 33.9 Å². The summed E-state index contributed by atoms with van der Waals surface area (Å²) < 4.78 is 5.39. The van der Waals surface area contributed by atoms with Gasteiger partial charge in [-0.2, -0.15) is 0 Å². The molecular weight excluding hydrogens is 364 g/mol. The van der Waals surface area contributed by atoms with Gasteiger partial charge in [0.05, 0.1) is 10.4 Å². The lowest BCUT2D eigenvalue weighted by Gasteiger charge is -2.10. The van der Waals surface area contributed by atoms with E-state index in [1.807, 2.05) is 5.38 Å². The maximum atomic E-state index is 12.1. The lowest BCUT2D eigenvalue weighted by molar-refractivity contribution is -0.118. The van der Waals surface area contributed by atoms with Crippen LogP contribution >= 0.6 is 11.3 Å². The van der Waals surface area contributed by atoms with Crippen LogP contribution < -0.4 is 15.4 Å². The van der Waals surface area contributed by atoms with Crippen LogP contribution in [-0.2, 0) is 4.79 Å². The predicted molar refractivity (Wildman–Crippen MR) is 105 cm³/mol. The number of rotatable bonds is 7. The zero-order valence-corrected chi connectivity index (χ0v) is 15.0. The fraction of sp³-hybridized carbons (Fsp3) is 0.0500. The molecule has 0 fully saturated rings. The monoisotopic (exact) mass is 380 g/mol. The molecule has 0 aliphatic rings. The van der Waals surface area contributed by atoms with Gasteiger partial charge in [0.1, 0.15) is 5.75 Å². The van der Waals surface area contributed by atoms with Crippen molar-refractivity contribution in [3.8, 4) is 5.75 Å². The van der Waals surface area contributed by atoms with E-state index in [1.54, 1.807) is 60.7 Å². The van der Waals surface area contributed by atoms with Crippen LogP contribution in [0, 0.1) is 0 Å². The number of hydrogen-bond donors (Lipinski definition) is 2. The summed E-state index contributed by atoms with van der Waals surface area (Å²) in [5.41, 5.74) is 1.47. The van der Waals surface area contributed by atoms with Crippen LogP contribution in [0.15, 0.2) is 66.0 Å². The zero-order valence-electron chi connectivity index (χ0n) is 14.2. The summed E-state index contributed by atoms with van der Waals surface area (Å²) in [5, 5.41) is 7.31. The molecule has 136 valence electrons. The van der Waals surface area contributed by atoms with Gasteiger partial charge in [0, 0.05) is 11.4 Å². The number of carbonyl (C=O) groups excluding carboxylic acids is 3. The number of hydrogen-bond acceptors (Lipinski definition) is 5. The Kier molecular flexibility index (Phi) is 5.96. The summed E-state index contributed by atoms with van der Waals surface area (Å²) >= 11 is 1.35. The number of thiophene rings is 1. The Balaban J connectivity index is 1.58. The van der Waals surface area contributed by atoms with Crippen LogP contribution in [0.25, 0.3) is 0 Å². The second-order valence-corrected chi connectivity index (χ2v) is 6.45. The van der Waals surface area contributed by atoms with Crippen molar-refractivity contribution >= 4 is 40.8 Å². The van der Waals surface area contributed by atoms with E-state index in [9.17, 15) is 14.4 Å². The third kappa shape index (κ3) is 5.02. The first-order valence-electron chi connectivity index (χ1n) is 8.07. The number of carbonyl (C=O) groups is 3. The van der Waals surface area contributed by atoms with Crippen LogP contribution in [0.2, 0.25) is 0 Å². The van der Waals surface area contributed by atoms with Gasteiger partial charge in [0.15, 0.2) is 12.9 Å². The van der Waals surface area contributed by atoms with Gasteiger partial charge in [0.25, 0.3) is 11.8 Å². The molecule has 0 saturated carbocycles. The first-order chi connectivity index (χ1) is 13.2. The van der Waals surface area contributed by atoms with Gasteiger partial charge in [-0.05, 0) is 41.8 Å². The SMILES string of the molecule is O=Cc1ccccc1OCC(=O)Nc1cccc(NC(=O)c2cccs2)c1. The van der Waals surface area contributed by atoms with E-state index >= 15 is 0 Å². The summed E-state index contributed by atoms with van der Waals surface area (Å²) in [4.78, 5) is 35.8. The molecule has 3 aromatic rings. The normalized spacial score (nSPS) is 10.1. The fourth-order valence-electron chi connectivity index (χ4n) is 2.32. The standard InChI is InChI=1S/C20H16N2O4S/c23-12-14-5-1-2-8-17(14)26-13-19(24)21-15-6-3-7-16(11-15)22-20(25)18-9-4-10-27-18/h1-12H,13H2,(H,21,24)(H,22,25). The topological polar surface area (TPSA) is 84.5 Å². The third-order valence-electron chi connectivity index (χ3n) is 3.55. The van der Waals surface area contributed by atoms with Crippen LogP contribution in [0.5, 0.6) is 5.75 Å². The number of amides is 2. The summed E-state index contributed by atoms with van der Waals surface area (Å²) in [7, 11) is 0. The highest BCUT2D eigenvalue weighted by atomic mass is 32.1. The molecule has 3 rings (SSSR count). The van der Waals surface area contributed by atoms with Gasteiger partial charge in [-0.25, -0.2) is 0 Å². The van der Waals surface area contributed by atoms with E-state index in [1.165, 1.54) is 11.3 Å². The van der Waals surface area contributed by atoms with Gasteiger partial charge in [-0.1, -0.05) is 24.3 Å². The molecule has 0 aliphatic heterocycles. The van der Waals surface area contributed by atoms with Crippen LogP contribution in [0.1, 0.15) is 20.0 Å².